The second-order valence-electron chi connectivity index (χ2n) is 8.06. The summed E-state index contributed by atoms with van der Waals surface area (Å²) in [5, 5.41) is 24.2. The summed E-state index contributed by atoms with van der Waals surface area (Å²) in [7, 11) is 0. The molecule has 0 saturated carbocycles. The number of hydrogen-bond donors (Lipinski definition) is 3. The maximum Gasteiger partial charge on any atom is 0.261 e. The molecule has 1 aromatic heterocycles. The number of aliphatic hydroxyl groups is 2. The Morgan fingerprint density at radius 3 is 2.90 bits per heavy atom. The van der Waals surface area contributed by atoms with Crippen molar-refractivity contribution in [3.63, 3.8) is 0 Å². The minimum atomic E-state index is -0.792. The van der Waals surface area contributed by atoms with E-state index in [1.807, 2.05) is 13.0 Å². The largest absolute Gasteiger partial charge is 0.392 e. The third-order valence-corrected chi connectivity index (χ3v) is 5.76. The van der Waals surface area contributed by atoms with Gasteiger partial charge in [-0.1, -0.05) is 12.1 Å². The van der Waals surface area contributed by atoms with Gasteiger partial charge in [-0.15, -0.1) is 0 Å². The SMILES string of the molecule is Cc1cc(-c2cccc(F)c2)cc2c(=O)n(C[C@@H](O)C[C@H]3NCCC[C@@H]3O)cnc12. The van der Waals surface area contributed by atoms with Gasteiger partial charge in [0.1, 0.15) is 5.82 Å². The molecule has 7 heteroatoms. The van der Waals surface area contributed by atoms with Gasteiger partial charge in [-0.25, -0.2) is 9.37 Å². The average molecular weight is 411 g/mol. The monoisotopic (exact) mass is 411 g/mol. The van der Waals surface area contributed by atoms with Crippen LogP contribution in [0.3, 0.4) is 0 Å². The number of aliphatic hydroxyl groups excluding tert-OH is 2. The molecule has 6 nitrogen and oxygen atoms in total. The number of halogens is 1. The molecular formula is C23H26FN3O3. The van der Waals surface area contributed by atoms with Crippen LogP contribution in [-0.4, -0.2) is 44.6 Å². The molecule has 2 aromatic carbocycles. The number of aromatic nitrogens is 2. The number of fused-ring (bicyclic) bond motifs is 1. The molecule has 3 N–H and O–H groups in total. The second kappa shape index (κ2) is 8.63. The van der Waals surface area contributed by atoms with Crippen LogP contribution < -0.4 is 10.9 Å². The molecule has 30 heavy (non-hydrogen) atoms. The van der Waals surface area contributed by atoms with Gasteiger partial charge >= 0.3 is 0 Å². The van der Waals surface area contributed by atoms with Gasteiger partial charge in [0.15, 0.2) is 0 Å². The first-order chi connectivity index (χ1) is 14.4. The van der Waals surface area contributed by atoms with Gasteiger partial charge in [0.05, 0.1) is 36.0 Å². The van der Waals surface area contributed by atoms with Crippen LogP contribution in [0.5, 0.6) is 0 Å². The molecule has 0 spiro atoms. The number of nitrogens with one attached hydrogen (secondary N) is 1. The number of nitrogens with zero attached hydrogens (tertiary/aromatic N) is 2. The number of benzene rings is 2. The Hall–Kier alpha value is -2.61. The van der Waals surface area contributed by atoms with Crippen molar-refractivity contribution in [3.8, 4) is 11.1 Å². The van der Waals surface area contributed by atoms with Gasteiger partial charge in [0.2, 0.25) is 0 Å². The topological polar surface area (TPSA) is 87.4 Å². The van der Waals surface area contributed by atoms with E-state index in [-0.39, 0.29) is 24.0 Å². The molecule has 1 aliphatic heterocycles. The highest BCUT2D eigenvalue weighted by atomic mass is 19.1. The smallest absolute Gasteiger partial charge is 0.261 e. The quantitative estimate of drug-likeness (QED) is 0.600. The molecule has 158 valence electrons. The molecule has 0 bridgehead atoms. The van der Waals surface area contributed by atoms with Crippen molar-refractivity contribution < 1.29 is 14.6 Å². The van der Waals surface area contributed by atoms with Crippen molar-refractivity contribution in [3.05, 3.63) is 64.5 Å². The van der Waals surface area contributed by atoms with Gasteiger partial charge in [0.25, 0.3) is 5.56 Å². The van der Waals surface area contributed by atoms with E-state index in [1.165, 1.54) is 23.0 Å². The fourth-order valence-corrected chi connectivity index (χ4v) is 4.18. The van der Waals surface area contributed by atoms with Gasteiger partial charge in [-0.3, -0.25) is 9.36 Å². The number of aryl methyl sites for hydroxylation is 1. The molecule has 0 unspecified atom stereocenters. The lowest BCUT2D eigenvalue weighted by Crippen LogP contribution is -2.47. The molecule has 1 saturated heterocycles. The highest BCUT2D eigenvalue weighted by molar-refractivity contribution is 5.86. The summed E-state index contributed by atoms with van der Waals surface area (Å²) in [4.78, 5) is 17.5. The Morgan fingerprint density at radius 1 is 1.30 bits per heavy atom. The zero-order chi connectivity index (χ0) is 21.3. The van der Waals surface area contributed by atoms with Crippen LogP contribution >= 0.6 is 0 Å². The number of hydrogen-bond acceptors (Lipinski definition) is 5. The van der Waals surface area contributed by atoms with Crippen LogP contribution in [0.2, 0.25) is 0 Å². The Morgan fingerprint density at radius 2 is 2.13 bits per heavy atom. The molecule has 0 aliphatic carbocycles. The van der Waals surface area contributed by atoms with Gasteiger partial charge < -0.3 is 15.5 Å². The number of piperidine rings is 1. The summed E-state index contributed by atoms with van der Waals surface area (Å²) in [6.45, 7) is 2.77. The van der Waals surface area contributed by atoms with Crippen LogP contribution in [-0.2, 0) is 6.54 Å². The minimum Gasteiger partial charge on any atom is -0.392 e. The van der Waals surface area contributed by atoms with Gasteiger partial charge in [-0.05, 0) is 73.7 Å². The predicted molar refractivity (Wildman–Crippen MR) is 114 cm³/mol. The summed E-state index contributed by atoms with van der Waals surface area (Å²) in [5.74, 6) is -0.338. The molecule has 1 fully saturated rings. The van der Waals surface area contributed by atoms with Crippen molar-refractivity contribution in [1.82, 2.24) is 14.9 Å². The molecule has 3 atom stereocenters. The van der Waals surface area contributed by atoms with E-state index in [2.05, 4.69) is 10.3 Å². The lowest BCUT2D eigenvalue weighted by molar-refractivity contribution is 0.0539. The van der Waals surface area contributed by atoms with Crippen molar-refractivity contribution in [2.75, 3.05) is 6.54 Å². The average Bonchev–Trinajstić information content (AvgIpc) is 2.72. The molecule has 0 amide bonds. The second-order valence-corrected chi connectivity index (χ2v) is 8.06. The summed E-state index contributed by atoms with van der Waals surface area (Å²) < 4.78 is 15.0. The van der Waals surface area contributed by atoms with Crippen molar-refractivity contribution in [2.45, 2.75) is 51.0 Å². The van der Waals surface area contributed by atoms with E-state index in [9.17, 15) is 19.4 Å². The van der Waals surface area contributed by atoms with E-state index in [4.69, 9.17) is 0 Å². The zero-order valence-corrected chi connectivity index (χ0v) is 16.9. The summed E-state index contributed by atoms with van der Waals surface area (Å²) in [6.07, 6.45) is 2.15. The molecule has 1 aliphatic rings. The molecule has 4 rings (SSSR count). The Balaban J connectivity index is 1.63. The van der Waals surface area contributed by atoms with Crippen LogP contribution in [0.4, 0.5) is 4.39 Å². The lowest BCUT2D eigenvalue weighted by atomic mass is 9.96. The predicted octanol–water partition coefficient (Wildman–Crippen LogP) is 2.37. The van der Waals surface area contributed by atoms with Crippen molar-refractivity contribution in [1.29, 1.82) is 0 Å². The first kappa shape index (κ1) is 20.7. The van der Waals surface area contributed by atoms with Crippen LogP contribution in [0.15, 0.2) is 47.5 Å². The van der Waals surface area contributed by atoms with Crippen LogP contribution in [0.25, 0.3) is 22.0 Å². The molecule has 0 radical (unpaired) electrons. The van der Waals surface area contributed by atoms with Crippen molar-refractivity contribution in [2.24, 2.45) is 0 Å². The van der Waals surface area contributed by atoms with E-state index >= 15 is 0 Å². The fourth-order valence-electron chi connectivity index (χ4n) is 4.18. The number of rotatable bonds is 5. The van der Waals surface area contributed by atoms with Crippen LogP contribution in [0, 0.1) is 12.7 Å². The third-order valence-electron chi connectivity index (χ3n) is 5.76. The maximum absolute atomic E-state index is 13.6. The van der Waals surface area contributed by atoms with Gasteiger partial charge in [0, 0.05) is 6.04 Å². The van der Waals surface area contributed by atoms with E-state index in [1.54, 1.807) is 18.2 Å². The molecule has 3 aromatic rings. The third kappa shape index (κ3) is 4.28. The van der Waals surface area contributed by atoms with Gasteiger partial charge in [-0.2, -0.15) is 0 Å². The Bertz CT molecular complexity index is 1110. The first-order valence-electron chi connectivity index (χ1n) is 10.3. The first-order valence-corrected chi connectivity index (χ1v) is 10.3. The Kier molecular flexibility index (Phi) is 5.94. The maximum atomic E-state index is 13.6. The van der Waals surface area contributed by atoms with E-state index in [0.29, 0.717) is 29.3 Å². The summed E-state index contributed by atoms with van der Waals surface area (Å²) in [5.41, 5.74) is 2.59. The fraction of sp³-hybridized carbons (Fsp3) is 0.391. The lowest BCUT2D eigenvalue weighted by Gasteiger charge is -2.30. The molecule has 2 heterocycles. The standard InChI is InChI=1S/C23H26FN3O3/c1-14-8-16(15-4-2-5-17(24)9-15)10-19-22(14)26-13-27(23(19)30)12-18(28)11-20-21(29)6-3-7-25-20/h2,4-5,8-10,13,18,20-21,25,28-29H,3,6-7,11-12H2,1H3/t18-,20+,21-/m0/s1. The zero-order valence-electron chi connectivity index (χ0n) is 16.9. The van der Waals surface area contributed by atoms with Crippen LogP contribution in [0.1, 0.15) is 24.8 Å². The van der Waals surface area contributed by atoms with E-state index in [0.717, 1.165) is 24.1 Å². The highest BCUT2D eigenvalue weighted by Gasteiger charge is 2.25. The normalized spacial score (nSPS) is 20.4. The van der Waals surface area contributed by atoms with Crippen molar-refractivity contribution >= 4 is 10.9 Å². The summed E-state index contributed by atoms with van der Waals surface area (Å²) >= 11 is 0. The summed E-state index contributed by atoms with van der Waals surface area (Å²) in [6, 6.07) is 9.67. The van der Waals surface area contributed by atoms with E-state index < -0.39 is 12.2 Å². The minimum absolute atomic E-state index is 0.0932. The molecular weight excluding hydrogens is 385 g/mol. The highest BCUT2D eigenvalue weighted by Crippen LogP contribution is 2.25. The Labute approximate surface area is 174 Å².